The topological polar surface area (TPSA) is 48.4 Å². The molecule has 1 aromatic heterocycles. The summed E-state index contributed by atoms with van der Waals surface area (Å²) in [5, 5.41) is 1.44. The molecule has 0 saturated carbocycles. The van der Waals surface area contributed by atoms with Crippen molar-refractivity contribution < 1.29 is 14.3 Å². The molecule has 2 aromatic carbocycles. The number of Topliss-reactive ketones (excluding diaryl/α,β-unsaturated/α-hetero) is 1. The summed E-state index contributed by atoms with van der Waals surface area (Å²) in [5.74, 6) is 1.03. The molecule has 3 rings (SSSR count). The number of ketones is 1. The van der Waals surface area contributed by atoms with E-state index in [-0.39, 0.29) is 12.4 Å². The van der Waals surface area contributed by atoms with E-state index in [1.807, 2.05) is 19.1 Å². The highest BCUT2D eigenvalue weighted by atomic mass is 35.5. The second-order valence-corrected chi connectivity index (χ2v) is 6.59. The van der Waals surface area contributed by atoms with E-state index in [0.29, 0.717) is 22.2 Å². The maximum absolute atomic E-state index is 11.5. The van der Waals surface area contributed by atoms with Gasteiger partial charge in [0.1, 0.15) is 11.8 Å². The van der Waals surface area contributed by atoms with Crippen molar-refractivity contribution in [1.82, 2.24) is 4.98 Å². The van der Waals surface area contributed by atoms with Gasteiger partial charge in [-0.1, -0.05) is 23.7 Å². The molecule has 0 N–H and O–H groups in total. The lowest BCUT2D eigenvalue weighted by Gasteiger charge is -2.13. The number of pyridine rings is 1. The summed E-state index contributed by atoms with van der Waals surface area (Å²) in [6.07, 6.45) is 0. The van der Waals surface area contributed by atoms with Crippen molar-refractivity contribution in [2.45, 2.75) is 27.4 Å². The molecule has 3 aromatic rings. The summed E-state index contributed by atoms with van der Waals surface area (Å²) in [5.41, 5.74) is 4.58. The highest BCUT2D eigenvalue weighted by molar-refractivity contribution is 6.30. The highest BCUT2D eigenvalue weighted by Gasteiger charge is 2.12. The average Bonchev–Trinajstić information content (AvgIpc) is 2.63. The van der Waals surface area contributed by atoms with Crippen LogP contribution in [0.1, 0.15) is 34.0 Å². The van der Waals surface area contributed by atoms with Crippen molar-refractivity contribution in [3.05, 3.63) is 63.8 Å². The van der Waals surface area contributed by atoms with Crippen molar-refractivity contribution >= 4 is 28.3 Å². The molecule has 0 aliphatic carbocycles. The summed E-state index contributed by atoms with van der Waals surface area (Å²) < 4.78 is 11.2. The molecule has 0 bridgehead atoms. The summed E-state index contributed by atoms with van der Waals surface area (Å²) in [7, 11) is 1.54. The highest BCUT2D eigenvalue weighted by Crippen LogP contribution is 2.31. The molecule has 0 fully saturated rings. The van der Waals surface area contributed by atoms with E-state index in [1.165, 1.54) is 12.5 Å². The van der Waals surface area contributed by atoms with Gasteiger partial charge in [0.05, 0.1) is 12.6 Å². The number of hydrogen-bond donors (Lipinski definition) is 0. The number of hydrogen-bond acceptors (Lipinski definition) is 4. The molecular formula is C21H20ClNO3. The number of benzene rings is 2. The third kappa shape index (κ3) is 3.51. The zero-order valence-corrected chi connectivity index (χ0v) is 16.0. The van der Waals surface area contributed by atoms with Crippen LogP contribution in [0.4, 0.5) is 0 Å². The minimum Gasteiger partial charge on any atom is -0.493 e. The molecule has 0 radical (unpaired) electrons. The van der Waals surface area contributed by atoms with Gasteiger partial charge in [-0.15, -0.1) is 0 Å². The molecule has 0 aliphatic rings. The van der Waals surface area contributed by atoms with Gasteiger partial charge in [0, 0.05) is 16.5 Å². The van der Waals surface area contributed by atoms with E-state index in [4.69, 9.17) is 21.1 Å². The molecular weight excluding hydrogens is 350 g/mol. The predicted octanol–water partition coefficient (Wildman–Crippen LogP) is 5.30. The summed E-state index contributed by atoms with van der Waals surface area (Å²) in [6, 6.07) is 11.2. The van der Waals surface area contributed by atoms with E-state index in [1.54, 1.807) is 25.3 Å². The fourth-order valence-electron chi connectivity index (χ4n) is 2.77. The Kier molecular flexibility index (Phi) is 5.14. The van der Waals surface area contributed by atoms with Gasteiger partial charge >= 0.3 is 0 Å². The second kappa shape index (κ2) is 7.34. The first-order chi connectivity index (χ1) is 12.4. The van der Waals surface area contributed by atoms with Gasteiger partial charge in [-0.05, 0) is 56.2 Å². The summed E-state index contributed by atoms with van der Waals surface area (Å²) in [6.45, 7) is 5.86. The lowest BCUT2D eigenvalue weighted by molar-refractivity contribution is 0.101. The first-order valence-corrected chi connectivity index (χ1v) is 8.65. The van der Waals surface area contributed by atoms with Crippen LogP contribution in [0.2, 0.25) is 5.15 Å². The van der Waals surface area contributed by atoms with Crippen LogP contribution >= 0.6 is 11.6 Å². The molecule has 1 heterocycles. The number of halogens is 1. The normalized spacial score (nSPS) is 10.8. The minimum absolute atomic E-state index is 0.0257. The third-order valence-electron chi connectivity index (χ3n) is 4.49. The number of carbonyl (C=O) groups is 1. The molecule has 134 valence electrons. The average molecular weight is 370 g/mol. The van der Waals surface area contributed by atoms with Crippen LogP contribution < -0.4 is 9.47 Å². The first kappa shape index (κ1) is 18.2. The van der Waals surface area contributed by atoms with Crippen molar-refractivity contribution in [2.75, 3.05) is 7.11 Å². The summed E-state index contributed by atoms with van der Waals surface area (Å²) in [4.78, 5) is 16.0. The molecule has 0 amide bonds. The van der Waals surface area contributed by atoms with E-state index < -0.39 is 0 Å². The lowest BCUT2D eigenvalue weighted by atomic mass is 10.0. The van der Waals surface area contributed by atoms with Crippen LogP contribution in [-0.4, -0.2) is 17.9 Å². The van der Waals surface area contributed by atoms with E-state index in [9.17, 15) is 4.79 Å². The van der Waals surface area contributed by atoms with Gasteiger partial charge in [0.15, 0.2) is 17.3 Å². The number of rotatable bonds is 5. The van der Waals surface area contributed by atoms with Gasteiger partial charge in [0.25, 0.3) is 0 Å². The first-order valence-electron chi connectivity index (χ1n) is 8.28. The van der Waals surface area contributed by atoms with Crippen LogP contribution in [0.3, 0.4) is 0 Å². The van der Waals surface area contributed by atoms with Crippen LogP contribution in [0, 0.1) is 13.8 Å². The second-order valence-electron chi connectivity index (χ2n) is 6.23. The van der Waals surface area contributed by atoms with Crippen molar-refractivity contribution in [3.8, 4) is 11.5 Å². The fourth-order valence-corrected chi connectivity index (χ4v) is 2.96. The third-order valence-corrected chi connectivity index (χ3v) is 4.82. The Labute approximate surface area is 157 Å². The van der Waals surface area contributed by atoms with Crippen molar-refractivity contribution in [3.63, 3.8) is 0 Å². The standard InChI is InChI=1S/C21H20ClNO3/c1-12-5-6-16-9-17(21(22)23-20(16)13(12)2)11-26-18-8-7-15(14(3)24)10-19(18)25-4/h5-10H,11H2,1-4H3. The van der Waals surface area contributed by atoms with Gasteiger partial charge in [0.2, 0.25) is 0 Å². The van der Waals surface area contributed by atoms with Gasteiger partial charge in [-0.2, -0.15) is 0 Å². The monoisotopic (exact) mass is 369 g/mol. The van der Waals surface area contributed by atoms with Gasteiger partial charge < -0.3 is 9.47 Å². The Morgan fingerprint density at radius 1 is 1.12 bits per heavy atom. The number of ether oxygens (including phenoxy) is 2. The molecule has 26 heavy (non-hydrogen) atoms. The number of aryl methyl sites for hydroxylation is 2. The zero-order chi connectivity index (χ0) is 18.8. The van der Waals surface area contributed by atoms with E-state index in [0.717, 1.165) is 22.0 Å². The van der Waals surface area contributed by atoms with Crippen LogP contribution in [0.15, 0.2) is 36.4 Å². The number of aromatic nitrogens is 1. The molecule has 0 unspecified atom stereocenters. The molecule has 0 spiro atoms. The van der Waals surface area contributed by atoms with Gasteiger partial charge in [-0.25, -0.2) is 4.98 Å². The minimum atomic E-state index is -0.0257. The predicted molar refractivity (Wildman–Crippen MR) is 104 cm³/mol. The summed E-state index contributed by atoms with van der Waals surface area (Å²) >= 11 is 6.37. The number of methoxy groups -OCH3 is 1. The van der Waals surface area contributed by atoms with E-state index >= 15 is 0 Å². The number of nitrogens with zero attached hydrogens (tertiary/aromatic N) is 1. The fraction of sp³-hybridized carbons (Fsp3) is 0.238. The smallest absolute Gasteiger partial charge is 0.161 e. The Morgan fingerprint density at radius 2 is 1.88 bits per heavy atom. The molecule has 5 heteroatoms. The maximum Gasteiger partial charge on any atom is 0.161 e. The van der Waals surface area contributed by atoms with Crippen molar-refractivity contribution in [1.29, 1.82) is 0 Å². The van der Waals surface area contributed by atoms with Gasteiger partial charge in [-0.3, -0.25) is 4.79 Å². The van der Waals surface area contributed by atoms with E-state index in [2.05, 4.69) is 18.0 Å². The Bertz CT molecular complexity index is 998. The lowest BCUT2D eigenvalue weighted by Crippen LogP contribution is -2.01. The zero-order valence-electron chi connectivity index (χ0n) is 15.2. The SMILES string of the molecule is COc1cc(C(C)=O)ccc1OCc1cc2ccc(C)c(C)c2nc1Cl. The Balaban J connectivity index is 1.89. The number of carbonyl (C=O) groups excluding carboxylic acids is 1. The van der Waals surface area contributed by atoms with Crippen LogP contribution in [0.25, 0.3) is 10.9 Å². The van der Waals surface area contributed by atoms with Crippen LogP contribution in [0.5, 0.6) is 11.5 Å². The quantitative estimate of drug-likeness (QED) is 0.452. The van der Waals surface area contributed by atoms with Crippen LogP contribution in [-0.2, 0) is 6.61 Å². The molecule has 4 nitrogen and oxygen atoms in total. The van der Waals surface area contributed by atoms with Crippen molar-refractivity contribution in [2.24, 2.45) is 0 Å². The largest absolute Gasteiger partial charge is 0.493 e. The Hall–Kier alpha value is -2.59. The molecule has 0 aliphatic heterocycles. The maximum atomic E-state index is 11.5. The molecule has 0 atom stereocenters. The number of fused-ring (bicyclic) bond motifs is 1. The molecule has 0 saturated heterocycles. The Morgan fingerprint density at radius 3 is 2.58 bits per heavy atom.